The monoisotopic (exact) mass is 351 g/mol. The van der Waals surface area contributed by atoms with Crippen molar-refractivity contribution in [2.24, 2.45) is 0 Å². The van der Waals surface area contributed by atoms with Gasteiger partial charge in [0.05, 0.1) is 11.3 Å². The highest BCUT2D eigenvalue weighted by Crippen LogP contribution is 2.21. The fraction of sp³-hybridized carbons (Fsp3) is 0.0667. The van der Waals surface area contributed by atoms with Crippen molar-refractivity contribution in [3.8, 4) is 0 Å². The minimum Gasteiger partial charge on any atom is -0.478 e. The molecule has 0 radical (unpaired) electrons. The summed E-state index contributed by atoms with van der Waals surface area (Å²) < 4.78 is 14.1. The molecule has 0 saturated carbocycles. The van der Waals surface area contributed by atoms with Crippen LogP contribution in [0.5, 0.6) is 0 Å². The van der Waals surface area contributed by atoms with Crippen LogP contribution >= 0.6 is 15.9 Å². The summed E-state index contributed by atoms with van der Waals surface area (Å²) in [4.78, 5) is 23.3. The van der Waals surface area contributed by atoms with E-state index in [1.54, 1.807) is 25.1 Å². The number of amides is 1. The second-order valence-corrected chi connectivity index (χ2v) is 5.32. The minimum atomic E-state index is -1.24. The van der Waals surface area contributed by atoms with Crippen molar-refractivity contribution in [3.05, 3.63) is 63.4 Å². The maximum absolute atomic E-state index is 13.2. The smallest absolute Gasteiger partial charge is 0.337 e. The van der Waals surface area contributed by atoms with Crippen LogP contribution in [0.4, 0.5) is 10.1 Å². The Morgan fingerprint density at radius 3 is 2.43 bits per heavy atom. The van der Waals surface area contributed by atoms with E-state index < -0.39 is 17.7 Å². The number of aromatic carboxylic acids is 1. The van der Waals surface area contributed by atoms with Gasteiger partial charge in [0, 0.05) is 10.0 Å². The van der Waals surface area contributed by atoms with Crippen LogP contribution in [-0.4, -0.2) is 17.0 Å². The zero-order valence-corrected chi connectivity index (χ0v) is 12.6. The molecule has 0 heterocycles. The molecule has 0 saturated heterocycles. The van der Waals surface area contributed by atoms with E-state index in [9.17, 15) is 14.0 Å². The van der Waals surface area contributed by atoms with Crippen molar-refractivity contribution in [1.82, 2.24) is 0 Å². The van der Waals surface area contributed by atoms with E-state index in [0.717, 1.165) is 28.2 Å². The lowest BCUT2D eigenvalue weighted by Crippen LogP contribution is -2.16. The molecule has 0 aromatic heterocycles. The number of carbonyl (C=O) groups excluding carboxylic acids is 1. The van der Waals surface area contributed by atoms with Gasteiger partial charge in [-0.05, 0) is 48.9 Å². The number of halogens is 2. The predicted octanol–water partition coefficient (Wildman–Crippen LogP) is 3.85. The van der Waals surface area contributed by atoms with Gasteiger partial charge in [-0.1, -0.05) is 15.9 Å². The first-order chi connectivity index (χ1) is 9.88. The van der Waals surface area contributed by atoms with Crippen LogP contribution in [0.25, 0.3) is 0 Å². The lowest BCUT2D eigenvalue weighted by atomic mass is 10.1. The molecule has 2 aromatic carbocycles. The molecule has 0 bridgehead atoms. The molecule has 0 unspecified atom stereocenters. The number of benzene rings is 2. The van der Waals surface area contributed by atoms with E-state index in [4.69, 9.17) is 5.11 Å². The standard InChI is InChI=1S/C15H11BrFNO3/c1-8-6-9(16)2-4-11(8)14(19)18-13-7-10(17)3-5-12(13)15(20)21/h2-7H,1H3,(H,18,19)(H,20,21). The molecule has 0 spiro atoms. The Morgan fingerprint density at radius 2 is 1.81 bits per heavy atom. The SMILES string of the molecule is Cc1cc(Br)ccc1C(=O)Nc1cc(F)ccc1C(=O)O. The highest BCUT2D eigenvalue weighted by Gasteiger charge is 2.15. The van der Waals surface area contributed by atoms with Gasteiger partial charge in [0.25, 0.3) is 5.91 Å². The van der Waals surface area contributed by atoms with Crippen molar-refractivity contribution in [2.75, 3.05) is 5.32 Å². The molecular weight excluding hydrogens is 341 g/mol. The van der Waals surface area contributed by atoms with E-state index in [2.05, 4.69) is 21.2 Å². The van der Waals surface area contributed by atoms with Gasteiger partial charge in [-0.25, -0.2) is 9.18 Å². The summed E-state index contributed by atoms with van der Waals surface area (Å²) >= 11 is 3.29. The van der Waals surface area contributed by atoms with Gasteiger partial charge in [0.15, 0.2) is 0 Å². The van der Waals surface area contributed by atoms with Crippen LogP contribution in [0.2, 0.25) is 0 Å². The van der Waals surface area contributed by atoms with Crippen LogP contribution in [0.3, 0.4) is 0 Å². The quantitative estimate of drug-likeness (QED) is 0.882. The zero-order valence-electron chi connectivity index (χ0n) is 11.0. The number of anilines is 1. The number of carboxylic acids is 1. The van der Waals surface area contributed by atoms with Crippen molar-refractivity contribution >= 4 is 33.5 Å². The second kappa shape index (κ2) is 6.05. The third-order valence-corrected chi connectivity index (χ3v) is 3.39. The number of nitrogens with one attached hydrogen (secondary N) is 1. The average Bonchev–Trinajstić information content (AvgIpc) is 2.37. The predicted molar refractivity (Wildman–Crippen MR) is 80.2 cm³/mol. The molecule has 0 aliphatic heterocycles. The number of hydrogen-bond acceptors (Lipinski definition) is 2. The Balaban J connectivity index is 2.35. The Bertz CT molecular complexity index is 731. The van der Waals surface area contributed by atoms with Gasteiger partial charge in [-0.15, -0.1) is 0 Å². The lowest BCUT2D eigenvalue weighted by Gasteiger charge is -2.10. The molecule has 2 aromatic rings. The van der Waals surface area contributed by atoms with Gasteiger partial charge in [-0.2, -0.15) is 0 Å². The molecule has 108 valence electrons. The summed E-state index contributed by atoms with van der Waals surface area (Å²) in [6.45, 7) is 1.75. The zero-order chi connectivity index (χ0) is 15.6. The molecule has 1 amide bonds. The molecule has 21 heavy (non-hydrogen) atoms. The molecule has 0 aliphatic rings. The Labute approximate surface area is 128 Å². The van der Waals surface area contributed by atoms with Gasteiger partial charge >= 0.3 is 5.97 Å². The van der Waals surface area contributed by atoms with Crippen LogP contribution in [-0.2, 0) is 0 Å². The molecule has 0 atom stereocenters. The molecule has 2 rings (SSSR count). The first kappa shape index (κ1) is 15.2. The van der Waals surface area contributed by atoms with Crippen LogP contribution in [0, 0.1) is 12.7 Å². The molecule has 0 fully saturated rings. The van der Waals surface area contributed by atoms with Crippen LogP contribution in [0.1, 0.15) is 26.3 Å². The Kier molecular flexibility index (Phi) is 4.37. The largest absolute Gasteiger partial charge is 0.478 e. The number of aryl methyl sites for hydroxylation is 1. The van der Waals surface area contributed by atoms with E-state index in [0.29, 0.717) is 5.56 Å². The number of hydrogen-bond donors (Lipinski definition) is 2. The number of rotatable bonds is 3. The highest BCUT2D eigenvalue weighted by atomic mass is 79.9. The summed E-state index contributed by atoms with van der Waals surface area (Å²) in [7, 11) is 0. The maximum atomic E-state index is 13.2. The van der Waals surface area contributed by atoms with Crippen molar-refractivity contribution in [1.29, 1.82) is 0 Å². The molecule has 4 nitrogen and oxygen atoms in total. The summed E-state index contributed by atoms with van der Waals surface area (Å²) in [6.07, 6.45) is 0. The number of carbonyl (C=O) groups is 2. The lowest BCUT2D eigenvalue weighted by molar-refractivity contribution is 0.0698. The highest BCUT2D eigenvalue weighted by molar-refractivity contribution is 9.10. The first-order valence-corrected chi connectivity index (χ1v) is 6.78. The van der Waals surface area contributed by atoms with E-state index in [1.165, 1.54) is 0 Å². The van der Waals surface area contributed by atoms with Gasteiger partial charge < -0.3 is 10.4 Å². The fourth-order valence-corrected chi connectivity index (χ4v) is 2.35. The van der Waals surface area contributed by atoms with Crippen molar-refractivity contribution < 1.29 is 19.1 Å². The van der Waals surface area contributed by atoms with Gasteiger partial charge in [0.2, 0.25) is 0 Å². The average molecular weight is 352 g/mol. The van der Waals surface area contributed by atoms with Crippen molar-refractivity contribution in [3.63, 3.8) is 0 Å². The topological polar surface area (TPSA) is 66.4 Å². The summed E-state index contributed by atoms with van der Waals surface area (Å²) in [5.74, 6) is -2.35. The van der Waals surface area contributed by atoms with E-state index in [-0.39, 0.29) is 11.3 Å². The number of carboxylic acid groups (broad SMARTS) is 1. The van der Waals surface area contributed by atoms with Gasteiger partial charge in [-0.3, -0.25) is 4.79 Å². The maximum Gasteiger partial charge on any atom is 0.337 e. The summed E-state index contributed by atoms with van der Waals surface area (Å²) in [5, 5.41) is 11.5. The molecular formula is C15H11BrFNO3. The van der Waals surface area contributed by atoms with E-state index in [1.807, 2.05) is 0 Å². The van der Waals surface area contributed by atoms with Crippen LogP contribution in [0.15, 0.2) is 40.9 Å². The molecule has 0 aliphatic carbocycles. The first-order valence-electron chi connectivity index (χ1n) is 5.99. The van der Waals surface area contributed by atoms with Gasteiger partial charge in [0.1, 0.15) is 5.82 Å². The summed E-state index contributed by atoms with van der Waals surface area (Å²) in [5.41, 5.74) is 0.864. The second-order valence-electron chi connectivity index (χ2n) is 4.41. The third kappa shape index (κ3) is 3.46. The van der Waals surface area contributed by atoms with Crippen LogP contribution < -0.4 is 5.32 Å². The summed E-state index contributed by atoms with van der Waals surface area (Å²) in [6, 6.07) is 8.19. The third-order valence-electron chi connectivity index (χ3n) is 2.89. The minimum absolute atomic E-state index is 0.0742. The fourth-order valence-electron chi connectivity index (χ4n) is 1.88. The Morgan fingerprint density at radius 1 is 1.14 bits per heavy atom. The van der Waals surface area contributed by atoms with Crippen molar-refractivity contribution in [2.45, 2.75) is 6.92 Å². The molecule has 6 heteroatoms. The van der Waals surface area contributed by atoms with E-state index >= 15 is 0 Å². The molecule has 2 N–H and O–H groups in total. The normalized spacial score (nSPS) is 10.2. The Hall–Kier alpha value is -2.21.